The number of benzene rings is 1. The van der Waals surface area contributed by atoms with Crippen molar-refractivity contribution in [2.75, 3.05) is 6.61 Å². The molecule has 0 saturated carbocycles. The minimum absolute atomic E-state index is 0.103. The standard InChI is InChI=1S/C13H12F2N2O2/c1-2-19-12(18)13(14,15)11-8-9-16-17(11)10-6-4-3-5-7-10/h3-9H,2H2,1H3. The van der Waals surface area contributed by atoms with Crippen molar-refractivity contribution in [1.82, 2.24) is 9.78 Å². The first-order valence-electron chi connectivity index (χ1n) is 5.72. The third-order valence-corrected chi connectivity index (χ3v) is 2.50. The van der Waals surface area contributed by atoms with E-state index in [0.29, 0.717) is 5.69 Å². The Morgan fingerprint density at radius 3 is 2.63 bits per heavy atom. The van der Waals surface area contributed by atoms with E-state index in [1.54, 1.807) is 30.3 Å². The van der Waals surface area contributed by atoms with Crippen LogP contribution in [-0.2, 0) is 15.5 Å². The number of rotatable bonds is 4. The van der Waals surface area contributed by atoms with Crippen molar-refractivity contribution in [3.63, 3.8) is 0 Å². The molecule has 0 radical (unpaired) electrons. The molecular weight excluding hydrogens is 254 g/mol. The average molecular weight is 266 g/mol. The van der Waals surface area contributed by atoms with Crippen LogP contribution in [0.1, 0.15) is 12.6 Å². The molecule has 0 aliphatic heterocycles. The highest BCUT2D eigenvalue weighted by Crippen LogP contribution is 2.30. The fourth-order valence-electron chi connectivity index (χ4n) is 1.64. The van der Waals surface area contributed by atoms with Gasteiger partial charge in [0, 0.05) is 6.20 Å². The summed E-state index contributed by atoms with van der Waals surface area (Å²) >= 11 is 0. The number of carbonyl (C=O) groups excluding carboxylic acids is 1. The van der Waals surface area contributed by atoms with Gasteiger partial charge in [-0.3, -0.25) is 0 Å². The monoisotopic (exact) mass is 266 g/mol. The van der Waals surface area contributed by atoms with E-state index in [-0.39, 0.29) is 6.61 Å². The van der Waals surface area contributed by atoms with Gasteiger partial charge in [-0.1, -0.05) is 18.2 Å². The maximum absolute atomic E-state index is 14.0. The molecule has 0 saturated heterocycles. The van der Waals surface area contributed by atoms with Gasteiger partial charge in [-0.05, 0) is 25.1 Å². The van der Waals surface area contributed by atoms with E-state index in [2.05, 4.69) is 9.84 Å². The Bertz CT molecular complexity index is 567. The molecule has 1 heterocycles. The summed E-state index contributed by atoms with van der Waals surface area (Å²) in [5, 5.41) is 3.82. The lowest BCUT2D eigenvalue weighted by Crippen LogP contribution is -2.30. The summed E-state index contributed by atoms with van der Waals surface area (Å²) in [4.78, 5) is 11.3. The molecule has 0 unspecified atom stereocenters. The molecular formula is C13H12F2N2O2. The molecule has 1 aromatic carbocycles. The molecule has 0 N–H and O–H groups in total. The zero-order valence-corrected chi connectivity index (χ0v) is 10.2. The first-order valence-corrected chi connectivity index (χ1v) is 5.72. The number of halogens is 2. The van der Waals surface area contributed by atoms with Crippen molar-refractivity contribution >= 4 is 5.97 Å². The van der Waals surface area contributed by atoms with Gasteiger partial charge in [0.2, 0.25) is 0 Å². The zero-order valence-electron chi connectivity index (χ0n) is 10.2. The van der Waals surface area contributed by atoms with Crippen LogP contribution in [-0.4, -0.2) is 22.4 Å². The lowest BCUT2D eigenvalue weighted by molar-refractivity contribution is -0.173. The SMILES string of the molecule is CCOC(=O)C(F)(F)c1ccnn1-c1ccccc1. The number of hydrogen-bond donors (Lipinski definition) is 0. The van der Waals surface area contributed by atoms with Gasteiger partial charge < -0.3 is 4.74 Å². The van der Waals surface area contributed by atoms with E-state index in [1.165, 1.54) is 13.1 Å². The predicted molar refractivity (Wildman–Crippen MR) is 64.1 cm³/mol. The van der Waals surface area contributed by atoms with Gasteiger partial charge in [0.05, 0.1) is 12.3 Å². The van der Waals surface area contributed by atoms with Crippen LogP contribution in [0.25, 0.3) is 5.69 Å². The second-order valence-electron chi connectivity index (χ2n) is 3.76. The van der Waals surface area contributed by atoms with Gasteiger partial charge in [-0.2, -0.15) is 13.9 Å². The van der Waals surface area contributed by atoms with E-state index in [1.807, 2.05) is 0 Å². The Labute approximate surface area is 108 Å². The number of para-hydroxylation sites is 1. The van der Waals surface area contributed by atoms with E-state index in [4.69, 9.17) is 0 Å². The number of ether oxygens (including phenoxy) is 1. The number of carbonyl (C=O) groups is 1. The summed E-state index contributed by atoms with van der Waals surface area (Å²) in [6, 6.07) is 9.50. The molecule has 19 heavy (non-hydrogen) atoms. The van der Waals surface area contributed by atoms with Gasteiger partial charge in [0.1, 0.15) is 5.69 Å². The van der Waals surface area contributed by atoms with Crippen LogP contribution in [0.15, 0.2) is 42.6 Å². The molecule has 100 valence electrons. The van der Waals surface area contributed by atoms with Gasteiger partial charge in [-0.15, -0.1) is 0 Å². The molecule has 6 heteroatoms. The summed E-state index contributed by atoms with van der Waals surface area (Å²) in [5.41, 5.74) is -0.0661. The largest absolute Gasteiger partial charge is 0.461 e. The van der Waals surface area contributed by atoms with Crippen molar-refractivity contribution in [3.8, 4) is 5.69 Å². The van der Waals surface area contributed by atoms with Crippen LogP contribution in [0.5, 0.6) is 0 Å². The number of hydrogen-bond acceptors (Lipinski definition) is 3. The van der Waals surface area contributed by atoms with Crippen molar-refractivity contribution in [3.05, 3.63) is 48.3 Å². The van der Waals surface area contributed by atoms with Crippen molar-refractivity contribution in [1.29, 1.82) is 0 Å². The van der Waals surface area contributed by atoms with E-state index in [0.717, 1.165) is 10.7 Å². The van der Waals surface area contributed by atoms with Crippen molar-refractivity contribution in [2.45, 2.75) is 12.8 Å². The molecule has 4 nitrogen and oxygen atoms in total. The predicted octanol–water partition coefficient (Wildman–Crippen LogP) is 2.53. The number of alkyl halides is 2. The average Bonchev–Trinajstić information content (AvgIpc) is 2.90. The minimum Gasteiger partial charge on any atom is -0.461 e. The van der Waals surface area contributed by atoms with Gasteiger partial charge >= 0.3 is 11.9 Å². The Morgan fingerprint density at radius 1 is 1.32 bits per heavy atom. The second-order valence-corrected chi connectivity index (χ2v) is 3.76. The Morgan fingerprint density at radius 2 is 2.00 bits per heavy atom. The van der Waals surface area contributed by atoms with Crippen molar-refractivity contribution in [2.24, 2.45) is 0 Å². The van der Waals surface area contributed by atoms with Gasteiger partial charge in [0.25, 0.3) is 0 Å². The molecule has 0 fully saturated rings. The highest BCUT2D eigenvalue weighted by molar-refractivity contribution is 5.79. The van der Waals surface area contributed by atoms with Crippen LogP contribution in [0.3, 0.4) is 0 Å². The maximum atomic E-state index is 14.0. The minimum atomic E-state index is -3.73. The quantitative estimate of drug-likeness (QED) is 0.799. The van der Waals surface area contributed by atoms with Crippen LogP contribution in [0.4, 0.5) is 8.78 Å². The third-order valence-electron chi connectivity index (χ3n) is 2.50. The number of nitrogens with zero attached hydrogens (tertiary/aromatic N) is 2. The van der Waals surface area contributed by atoms with E-state index in [9.17, 15) is 13.6 Å². The van der Waals surface area contributed by atoms with Gasteiger partial charge in [-0.25, -0.2) is 9.48 Å². The smallest absolute Gasteiger partial charge is 0.384 e. The molecule has 0 atom stereocenters. The molecule has 0 bridgehead atoms. The zero-order chi connectivity index (χ0) is 13.9. The van der Waals surface area contributed by atoms with Crippen molar-refractivity contribution < 1.29 is 18.3 Å². The highest BCUT2D eigenvalue weighted by atomic mass is 19.3. The molecule has 2 aromatic rings. The van der Waals surface area contributed by atoms with Gasteiger partial charge in [0.15, 0.2) is 0 Å². The Balaban J connectivity index is 2.42. The van der Waals surface area contributed by atoms with E-state index >= 15 is 0 Å². The maximum Gasteiger partial charge on any atom is 0.384 e. The summed E-state index contributed by atoms with van der Waals surface area (Å²) < 4.78 is 33.4. The second kappa shape index (κ2) is 5.17. The molecule has 2 rings (SSSR count). The van der Waals surface area contributed by atoms with E-state index < -0.39 is 17.6 Å². The Hall–Kier alpha value is -2.24. The molecule has 0 aliphatic carbocycles. The van der Waals surface area contributed by atoms with Crippen LogP contribution in [0, 0.1) is 0 Å². The van der Waals surface area contributed by atoms with Crippen LogP contribution >= 0.6 is 0 Å². The Kier molecular flexibility index (Phi) is 3.59. The number of aromatic nitrogens is 2. The topological polar surface area (TPSA) is 44.1 Å². The normalized spacial score (nSPS) is 11.3. The third kappa shape index (κ3) is 2.47. The molecule has 0 spiro atoms. The first kappa shape index (κ1) is 13.2. The van der Waals surface area contributed by atoms with Crippen LogP contribution < -0.4 is 0 Å². The first-order chi connectivity index (χ1) is 9.07. The summed E-state index contributed by atoms with van der Waals surface area (Å²) in [5.74, 6) is -5.31. The fraction of sp³-hybridized carbons (Fsp3) is 0.231. The lowest BCUT2D eigenvalue weighted by atomic mass is 10.2. The highest BCUT2D eigenvalue weighted by Gasteiger charge is 2.45. The number of esters is 1. The molecule has 1 aromatic heterocycles. The lowest BCUT2D eigenvalue weighted by Gasteiger charge is -2.16. The van der Waals surface area contributed by atoms with Crippen LogP contribution in [0.2, 0.25) is 0 Å². The summed E-state index contributed by atoms with van der Waals surface area (Å²) in [7, 11) is 0. The fourth-order valence-corrected chi connectivity index (χ4v) is 1.64. The summed E-state index contributed by atoms with van der Waals surface area (Å²) in [6.07, 6.45) is 1.22. The summed E-state index contributed by atoms with van der Waals surface area (Å²) in [6.45, 7) is 1.37. The molecule has 0 aliphatic rings. The molecule has 0 amide bonds.